The summed E-state index contributed by atoms with van der Waals surface area (Å²) in [6, 6.07) is 1.26. The highest BCUT2D eigenvalue weighted by molar-refractivity contribution is 6.29. The van der Waals surface area contributed by atoms with Crippen LogP contribution in [0.15, 0.2) is 10.9 Å². The fourth-order valence-electron chi connectivity index (χ4n) is 1.96. The van der Waals surface area contributed by atoms with Crippen LogP contribution in [0.5, 0.6) is 0 Å². The number of carbonyl (C=O) groups excluding carboxylic acids is 1. The van der Waals surface area contributed by atoms with Crippen molar-refractivity contribution in [2.45, 2.75) is 58.0 Å². The van der Waals surface area contributed by atoms with Crippen molar-refractivity contribution in [3.05, 3.63) is 27.4 Å². The molecule has 1 aliphatic rings. The topological polar surface area (TPSA) is 64.0 Å². The molecule has 0 aliphatic heterocycles. The predicted octanol–water partition coefficient (Wildman–Crippen LogP) is 2.08. The molecule has 0 spiro atoms. The van der Waals surface area contributed by atoms with Gasteiger partial charge in [-0.3, -0.25) is 14.2 Å². The average Bonchev–Trinajstić information content (AvgIpc) is 3.15. The first-order valence-electron chi connectivity index (χ1n) is 6.90. The Morgan fingerprint density at radius 3 is 2.75 bits per heavy atom. The van der Waals surface area contributed by atoms with Gasteiger partial charge in [0.15, 0.2) is 0 Å². The molecular formula is C14H20ClN3O2. The van der Waals surface area contributed by atoms with Gasteiger partial charge in [-0.25, -0.2) is 4.98 Å². The van der Waals surface area contributed by atoms with E-state index in [2.05, 4.69) is 10.3 Å². The largest absolute Gasteiger partial charge is 0.350 e. The zero-order valence-electron chi connectivity index (χ0n) is 12.1. The van der Waals surface area contributed by atoms with Gasteiger partial charge in [-0.05, 0) is 33.1 Å². The lowest BCUT2D eigenvalue weighted by Crippen LogP contribution is -2.45. The molecule has 0 radical (unpaired) electrons. The smallest absolute Gasteiger partial charge is 0.255 e. The number of nitrogens with one attached hydrogen (secondary N) is 1. The number of aromatic nitrogens is 2. The molecule has 1 saturated carbocycles. The fourth-order valence-corrected chi connectivity index (χ4v) is 2.14. The number of amides is 1. The van der Waals surface area contributed by atoms with Crippen LogP contribution in [0.1, 0.15) is 51.8 Å². The van der Waals surface area contributed by atoms with Gasteiger partial charge in [0, 0.05) is 17.5 Å². The SMILES string of the molecule is CCC(C)(C)NC(=O)Cn1c(C2CC2)nc(Cl)cc1=O. The second kappa shape index (κ2) is 5.56. The number of rotatable bonds is 5. The Morgan fingerprint density at radius 1 is 1.55 bits per heavy atom. The molecule has 2 rings (SSSR count). The lowest BCUT2D eigenvalue weighted by molar-refractivity contribution is -0.123. The summed E-state index contributed by atoms with van der Waals surface area (Å²) in [5, 5.41) is 3.12. The van der Waals surface area contributed by atoms with Crippen LogP contribution in [0.4, 0.5) is 0 Å². The molecule has 1 N–H and O–H groups in total. The maximum Gasteiger partial charge on any atom is 0.255 e. The van der Waals surface area contributed by atoms with Crippen LogP contribution in [-0.2, 0) is 11.3 Å². The molecule has 1 aromatic heterocycles. The van der Waals surface area contributed by atoms with Crippen LogP contribution in [0.3, 0.4) is 0 Å². The van der Waals surface area contributed by atoms with Crippen molar-refractivity contribution in [2.75, 3.05) is 0 Å². The van der Waals surface area contributed by atoms with Gasteiger partial charge < -0.3 is 5.32 Å². The quantitative estimate of drug-likeness (QED) is 0.846. The summed E-state index contributed by atoms with van der Waals surface area (Å²) in [7, 11) is 0. The molecule has 5 nitrogen and oxygen atoms in total. The summed E-state index contributed by atoms with van der Waals surface area (Å²) < 4.78 is 1.44. The highest BCUT2D eigenvalue weighted by Crippen LogP contribution is 2.38. The lowest BCUT2D eigenvalue weighted by Gasteiger charge is -2.25. The van der Waals surface area contributed by atoms with Gasteiger partial charge in [-0.15, -0.1) is 0 Å². The predicted molar refractivity (Wildman–Crippen MR) is 78.0 cm³/mol. The Hall–Kier alpha value is -1.36. The minimum absolute atomic E-state index is 0.00172. The average molecular weight is 298 g/mol. The highest BCUT2D eigenvalue weighted by atomic mass is 35.5. The van der Waals surface area contributed by atoms with Crippen LogP contribution in [0.2, 0.25) is 5.15 Å². The molecule has 0 unspecified atom stereocenters. The third-order valence-corrected chi connectivity index (χ3v) is 3.81. The van der Waals surface area contributed by atoms with Gasteiger partial charge in [-0.1, -0.05) is 18.5 Å². The third-order valence-electron chi connectivity index (χ3n) is 3.61. The Morgan fingerprint density at radius 2 is 2.20 bits per heavy atom. The first-order valence-corrected chi connectivity index (χ1v) is 7.28. The summed E-state index contributed by atoms with van der Waals surface area (Å²) >= 11 is 5.83. The van der Waals surface area contributed by atoms with Crippen molar-refractivity contribution in [1.29, 1.82) is 0 Å². The van der Waals surface area contributed by atoms with E-state index in [1.165, 1.54) is 10.6 Å². The van der Waals surface area contributed by atoms with E-state index in [-0.39, 0.29) is 34.6 Å². The van der Waals surface area contributed by atoms with Crippen molar-refractivity contribution >= 4 is 17.5 Å². The van der Waals surface area contributed by atoms with Crippen molar-refractivity contribution in [1.82, 2.24) is 14.9 Å². The van der Waals surface area contributed by atoms with Crippen molar-refractivity contribution in [3.8, 4) is 0 Å². The number of halogens is 1. The normalized spacial score (nSPS) is 15.2. The first-order chi connectivity index (χ1) is 9.32. The summed E-state index contributed by atoms with van der Waals surface area (Å²) in [6.07, 6.45) is 2.81. The standard InChI is InChI=1S/C14H20ClN3O2/c1-4-14(2,3)17-11(19)8-18-12(20)7-10(15)16-13(18)9-5-6-9/h7,9H,4-6,8H2,1-3H3,(H,17,19). The summed E-state index contributed by atoms with van der Waals surface area (Å²) in [4.78, 5) is 28.3. The van der Waals surface area contributed by atoms with E-state index < -0.39 is 0 Å². The van der Waals surface area contributed by atoms with E-state index in [0.717, 1.165) is 19.3 Å². The van der Waals surface area contributed by atoms with E-state index in [4.69, 9.17) is 11.6 Å². The molecule has 1 aliphatic carbocycles. The molecule has 1 fully saturated rings. The van der Waals surface area contributed by atoms with E-state index >= 15 is 0 Å². The second-order valence-electron chi connectivity index (χ2n) is 5.92. The lowest BCUT2D eigenvalue weighted by atomic mass is 10.0. The van der Waals surface area contributed by atoms with Gasteiger partial charge in [-0.2, -0.15) is 0 Å². The van der Waals surface area contributed by atoms with E-state index in [0.29, 0.717) is 5.82 Å². The second-order valence-corrected chi connectivity index (χ2v) is 6.31. The number of carbonyl (C=O) groups is 1. The van der Waals surface area contributed by atoms with Crippen molar-refractivity contribution < 1.29 is 4.79 Å². The van der Waals surface area contributed by atoms with Gasteiger partial charge >= 0.3 is 0 Å². The van der Waals surface area contributed by atoms with Gasteiger partial charge in [0.05, 0.1) is 0 Å². The van der Waals surface area contributed by atoms with Crippen molar-refractivity contribution in [2.24, 2.45) is 0 Å². The molecule has 1 heterocycles. The molecule has 0 bridgehead atoms. The van der Waals surface area contributed by atoms with E-state index in [1.807, 2.05) is 20.8 Å². The Labute approximate surface area is 123 Å². The molecular weight excluding hydrogens is 278 g/mol. The molecule has 0 saturated heterocycles. The zero-order valence-corrected chi connectivity index (χ0v) is 12.8. The number of nitrogens with zero attached hydrogens (tertiary/aromatic N) is 2. The summed E-state index contributed by atoms with van der Waals surface area (Å²) in [6.45, 7) is 5.91. The zero-order chi connectivity index (χ0) is 14.9. The maximum atomic E-state index is 12.1. The minimum Gasteiger partial charge on any atom is -0.350 e. The van der Waals surface area contributed by atoms with E-state index in [1.54, 1.807) is 0 Å². The van der Waals surface area contributed by atoms with Crippen LogP contribution in [-0.4, -0.2) is 21.0 Å². The minimum atomic E-state index is -0.277. The molecule has 6 heteroatoms. The van der Waals surface area contributed by atoms with Crippen LogP contribution in [0.25, 0.3) is 0 Å². The number of hydrogen-bond acceptors (Lipinski definition) is 3. The fraction of sp³-hybridized carbons (Fsp3) is 0.643. The maximum absolute atomic E-state index is 12.1. The molecule has 0 atom stereocenters. The van der Waals surface area contributed by atoms with Crippen LogP contribution >= 0.6 is 11.6 Å². The highest BCUT2D eigenvalue weighted by Gasteiger charge is 2.30. The van der Waals surface area contributed by atoms with Gasteiger partial charge in [0.1, 0.15) is 17.5 Å². The Kier molecular flexibility index (Phi) is 4.18. The monoisotopic (exact) mass is 297 g/mol. The summed E-state index contributed by atoms with van der Waals surface area (Å²) in [5.41, 5.74) is -0.545. The molecule has 1 amide bonds. The molecule has 20 heavy (non-hydrogen) atoms. The van der Waals surface area contributed by atoms with Crippen LogP contribution in [0, 0.1) is 0 Å². The molecule has 0 aromatic carbocycles. The van der Waals surface area contributed by atoms with Crippen LogP contribution < -0.4 is 10.9 Å². The Bertz CT molecular complexity index is 576. The summed E-state index contributed by atoms with van der Waals surface area (Å²) in [5.74, 6) is 0.713. The first kappa shape index (κ1) is 15.0. The Balaban J connectivity index is 2.21. The molecule has 1 aromatic rings. The third kappa shape index (κ3) is 3.60. The van der Waals surface area contributed by atoms with Crippen molar-refractivity contribution in [3.63, 3.8) is 0 Å². The van der Waals surface area contributed by atoms with Gasteiger partial charge in [0.25, 0.3) is 5.56 Å². The molecule has 110 valence electrons. The van der Waals surface area contributed by atoms with E-state index in [9.17, 15) is 9.59 Å². The number of hydrogen-bond donors (Lipinski definition) is 1. The van der Waals surface area contributed by atoms with Gasteiger partial charge in [0.2, 0.25) is 5.91 Å².